The first-order valence-corrected chi connectivity index (χ1v) is 17.7. The summed E-state index contributed by atoms with van der Waals surface area (Å²) in [5.74, 6) is -0.323. The Kier molecular flexibility index (Phi) is 9.84. The molecule has 4 aromatic carbocycles. The second kappa shape index (κ2) is 13.5. The Balaban J connectivity index is 1.67. The number of hydrogen-bond acceptors (Lipinski definition) is 7. The van der Waals surface area contributed by atoms with Crippen LogP contribution in [-0.2, 0) is 23.5 Å². The van der Waals surface area contributed by atoms with Gasteiger partial charge in [0.2, 0.25) is 0 Å². The molecular weight excluding hydrogens is 595 g/mol. The summed E-state index contributed by atoms with van der Waals surface area (Å²) < 4.78 is 26.3. The van der Waals surface area contributed by atoms with E-state index in [1.807, 2.05) is 63.5 Å². The zero-order valence-corrected chi connectivity index (χ0v) is 29.0. The van der Waals surface area contributed by atoms with Crippen molar-refractivity contribution < 1.29 is 28.2 Å². The second-order valence-corrected chi connectivity index (χ2v) is 17.6. The smallest absolute Gasteiger partial charge is 0.308 e. The van der Waals surface area contributed by atoms with Gasteiger partial charge in [-0.1, -0.05) is 112 Å². The van der Waals surface area contributed by atoms with Gasteiger partial charge in [0.05, 0.1) is 18.2 Å². The third-order valence-electron chi connectivity index (χ3n) is 8.90. The molecule has 8 heteroatoms. The number of fused-ring (bicyclic) bond motifs is 1. The van der Waals surface area contributed by atoms with Crippen LogP contribution in [0.4, 0.5) is 0 Å². The van der Waals surface area contributed by atoms with Crippen LogP contribution >= 0.6 is 0 Å². The van der Waals surface area contributed by atoms with Crippen LogP contribution < -0.4 is 15.1 Å². The van der Waals surface area contributed by atoms with Gasteiger partial charge in [-0.25, -0.2) is 0 Å². The number of hydrogen-bond donors (Lipinski definition) is 0. The molecule has 0 spiro atoms. The summed E-state index contributed by atoms with van der Waals surface area (Å²) in [5, 5.41) is 3.70. The van der Waals surface area contributed by atoms with Gasteiger partial charge in [0.15, 0.2) is 0 Å². The maximum absolute atomic E-state index is 12.8. The van der Waals surface area contributed by atoms with Gasteiger partial charge in [-0.3, -0.25) is 9.59 Å². The highest BCUT2D eigenvalue weighted by atomic mass is 28.4. The fraction of sp³-hybridized carbons (Fsp3) is 0.368. The van der Waals surface area contributed by atoms with Crippen LogP contribution in [0.3, 0.4) is 0 Å². The summed E-state index contributed by atoms with van der Waals surface area (Å²) in [5.41, 5.74) is 0.848. The van der Waals surface area contributed by atoms with Crippen molar-refractivity contribution in [1.82, 2.24) is 4.90 Å². The van der Waals surface area contributed by atoms with Crippen LogP contribution in [0.15, 0.2) is 97.1 Å². The van der Waals surface area contributed by atoms with Crippen molar-refractivity contribution in [1.29, 1.82) is 0 Å². The van der Waals surface area contributed by atoms with Crippen LogP contribution in [0.5, 0.6) is 5.75 Å². The van der Waals surface area contributed by atoms with E-state index in [-0.39, 0.29) is 17.2 Å². The lowest BCUT2D eigenvalue weighted by Gasteiger charge is -2.53. The number of rotatable bonds is 8. The Bertz CT molecular complexity index is 1630. The second-order valence-electron chi connectivity index (χ2n) is 13.3. The van der Waals surface area contributed by atoms with Crippen LogP contribution in [0.1, 0.15) is 53.2 Å². The number of esters is 2. The fourth-order valence-electron chi connectivity index (χ4n) is 7.04. The van der Waals surface area contributed by atoms with Gasteiger partial charge in [0, 0.05) is 19.2 Å². The van der Waals surface area contributed by atoms with Crippen LogP contribution in [0, 0.1) is 0 Å². The van der Waals surface area contributed by atoms with Gasteiger partial charge in [-0.2, -0.15) is 0 Å². The van der Waals surface area contributed by atoms with Gasteiger partial charge >= 0.3 is 11.9 Å². The summed E-state index contributed by atoms with van der Waals surface area (Å²) in [7, 11) is 1.00. The summed E-state index contributed by atoms with van der Waals surface area (Å²) in [6, 6.07) is 32.1. The van der Waals surface area contributed by atoms with E-state index in [0.29, 0.717) is 5.75 Å². The van der Waals surface area contributed by atoms with Gasteiger partial charge in [-0.05, 0) is 53.4 Å². The minimum Gasteiger partial charge on any atom is -0.458 e. The molecule has 0 saturated carbocycles. The molecule has 1 saturated heterocycles. The monoisotopic (exact) mass is 639 g/mol. The van der Waals surface area contributed by atoms with Crippen LogP contribution in [0.2, 0.25) is 5.04 Å². The summed E-state index contributed by atoms with van der Waals surface area (Å²) in [6.45, 7) is 11.6. The molecule has 1 heterocycles. The van der Waals surface area contributed by atoms with Crippen molar-refractivity contribution in [2.45, 2.75) is 77.0 Å². The maximum atomic E-state index is 12.8. The maximum Gasteiger partial charge on any atom is 0.308 e. The van der Waals surface area contributed by atoms with Crippen LogP contribution in [0.25, 0.3) is 10.8 Å². The summed E-state index contributed by atoms with van der Waals surface area (Å²) >= 11 is 0. The Morgan fingerprint density at radius 1 is 0.739 bits per heavy atom. The molecule has 4 aromatic rings. The van der Waals surface area contributed by atoms with Crippen molar-refractivity contribution in [3.05, 3.63) is 103 Å². The number of ether oxygens (including phenoxy) is 3. The molecule has 0 unspecified atom stereocenters. The molecule has 1 aliphatic rings. The molecular formula is C38H45NO6Si. The molecule has 5 atom stereocenters. The van der Waals surface area contributed by atoms with Crippen molar-refractivity contribution in [3.63, 3.8) is 0 Å². The minimum absolute atomic E-state index is 0.261. The number of benzene rings is 4. The van der Waals surface area contributed by atoms with E-state index in [2.05, 4.69) is 74.2 Å². The van der Waals surface area contributed by atoms with E-state index in [0.717, 1.165) is 26.7 Å². The predicted molar refractivity (Wildman–Crippen MR) is 184 cm³/mol. The third-order valence-corrected chi connectivity index (χ3v) is 13.9. The highest BCUT2D eigenvalue weighted by molar-refractivity contribution is 6.99. The molecule has 242 valence electrons. The molecule has 0 radical (unpaired) electrons. The number of carbonyl (C=O) groups is 2. The SMILES string of the molecule is CC(=O)Oc1ccc([C@@H]2O[C@@H](C)[C@H](O[Si](c3ccccc3)(c3ccccc3)C(C)(C)C)[C@H](N(C)C)[C@H]2OC(C)=O)c2ccccc12. The number of carbonyl (C=O) groups excluding carboxylic acids is 2. The molecule has 0 aliphatic carbocycles. The van der Waals surface area contributed by atoms with E-state index < -0.39 is 38.6 Å². The third kappa shape index (κ3) is 6.40. The van der Waals surface area contributed by atoms with Gasteiger partial charge < -0.3 is 23.5 Å². The topological polar surface area (TPSA) is 74.3 Å². The average Bonchev–Trinajstić information content (AvgIpc) is 3.01. The molecule has 1 fully saturated rings. The van der Waals surface area contributed by atoms with Crippen molar-refractivity contribution >= 4 is 41.4 Å². The van der Waals surface area contributed by atoms with E-state index in [9.17, 15) is 9.59 Å². The summed E-state index contributed by atoms with van der Waals surface area (Å²) in [6.07, 6.45) is -2.14. The molecule has 0 bridgehead atoms. The van der Waals surface area contributed by atoms with Gasteiger partial charge in [0.1, 0.15) is 18.0 Å². The average molecular weight is 640 g/mol. The fourth-order valence-corrected chi connectivity index (χ4v) is 11.8. The first-order valence-electron chi connectivity index (χ1n) is 15.8. The molecule has 0 amide bonds. The van der Waals surface area contributed by atoms with E-state index in [4.69, 9.17) is 18.6 Å². The van der Waals surface area contributed by atoms with E-state index in [1.165, 1.54) is 13.8 Å². The number of likely N-dealkylation sites (N-methyl/N-ethyl adjacent to an activating group) is 1. The quantitative estimate of drug-likeness (QED) is 0.132. The zero-order valence-electron chi connectivity index (χ0n) is 28.0. The molecule has 5 rings (SSSR count). The largest absolute Gasteiger partial charge is 0.458 e. The van der Waals surface area contributed by atoms with Crippen molar-refractivity contribution in [3.8, 4) is 5.75 Å². The molecule has 0 N–H and O–H groups in total. The Labute approximate surface area is 273 Å². The Morgan fingerprint density at radius 2 is 1.28 bits per heavy atom. The van der Waals surface area contributed by atoms with Crippen molar-refractivity contribution in [2.24, 2.45) is 0 Å². The molecule has 46 heavy (non-hydrogen) atoms. The van der Waals surface area contributed by atoms with Gasteiger partial charge in [0.25, 0.3) is 8.32 Å². The highest BCUT2D eigenvalue weighted by Gasteiger charge is 2.57. The van der Waals surface area contributed by atoms with E-state index >= 15 is 0 Å². The first kappa shape index (κ1) is 33.5. The Morgan fingerprint density at radius 3 is 1.78 bits per heavy atom. The van der Waals surface area contributed by atoms with E-state index in [1.54, 1.807) is 6.07 Å². The zero-order chi connectivity index (χ0) is 33.2. The lowest BCUT2D eigenvalue weighted by atomic mass is 9.86. The highest BCUT2D eigenvalue weighted by Crippen LogP contribution is 2.45. The lowest BCUT2D eigenvalue weighted by molar-refractivity contribution is -0.210. The lowest BCUT2D eigenvalue weighted by Crippen LogP contribution is -2.72. The van der Waals surface area contributed by atoms with Gasteiger partial charge in [-0.15, -0.1) is 0 Å². The molecule has 1 aliphatic heterocycles. The molecule has 0 aromatic heterocycles. The predicted octanol–water partition coefficient (Wildman–Crippen LogP) is 6.03. The van der Waals surface area contributed by atoms with Crippen molar-refractivity contribution in [2.75, 3.05) is 14.1 Å². The summed E-state index contributed by atoms with van der Waals surface area (Å²) in [4.78, 5) is 26.8. The standard InChI is InChI=1S/C38H45NO6Si/c1-25-35(45-46(38(4,5)6,28-17-11-9-12-18-28)29-19-13-10-14-20-29)34(39(7)8)37(44-27(3)41)36(42-25)32-23-24-33(43-26(2)40)31-22-16-15-21-30(31)32/h9-25,34-37H,1-8H3/t25-,34-,35-,36-,37+/m0/s1. The molecule has 7 nitrogen and oxygen atoms in total. The Hall–Kier alpha value is -3.82. The first-order chi connectivity index (χ1) is 21.8. The van der Waals surface area contributed by atoms with Crippen LogP contribution in [-0.4, -0.2) is 63.6 Å². The normalized spacial score (nSPS) is 22.1. The number of nitrogens with zero attached hydrogens (tertiary/aromatic N) is 1. The minimum atomic E-state index is -3.00.